The molecule has 3 aromatic rings. The van der Waals surface area contributed by atoms with Gasteiger partial charge in [0.25, 0.3) is 0 Å². The van der Waals surface area contributed by atoms with E-state index in [9.17, 15) is 28.1 Å². The van der Waals surface area contributed by atoms with Crippen LogP contribution in [0.1, 0.15) is 5.56 Å². The Hall–Kier alpha value is -3.99. The van der Waals surface area contributed by atoms with Crippen LogP contribution in [0.2, 0.25) is 5.02 Å². The first kappa shape index (κ1) is 24.6. The largest absolute Gasteiger partial charge is 0.478 e. The summed E-state index contributed by atoms with van der Waals surface area (Å²) in [6, 6.07) is 11.9. The summed E-state index contributed by atoms with van der Waals surface area (Å²) >= 11 is 5.95. The van der Waals surface area contributed by atoms with Gasteiger partial charge < -0.3 is 18.9 Å². The highest BCUT2D eigenvalue weighted by molar-refractivity contribution is 6.32. The molecule has 0 heterocycles. The maximum Gasteiger partial charge on any atom is 0.416 e. The Morgan fingerprint density at radius 1 is 0.971 bits per heavy atom. The van der Waals surface area contributed by atoms with Gasteiger partial charge in [0.2, 0.25) is 5.75 Å². The maximum atomic E-state index is 13.0. The summed E-state index contributed by atoms with van der Waals surface area (Å²) in [6.07, 6.45) is -4.62. The van der Waals surface area contributed by atoms with E-state index < -0.39 is 34.9 Å². The molecule has 0 unspecified atom stereocenters. The molecule has 8 nitrogen and oxygen atoms in total. The van der Waals surface area contributed by atoms with E-state index >= 15 is 0 Å². The third-order valence-corrected chi connectivity index (χ3v) is 4.57. The number of methoxy groups -OCH3 is 1. The van der Waals surface area contributed by atoms with Crippen LogP contribution in [-0.2, 0) is 15.7 Å². The van der Waals surface area contributed by atoms with Gasteiger partial charge in [0, 0.05) is 12.1 Å². The molecule has 0 spiro atoms. The van der Waals surface area contributed by atoms with E-state index in [0.29, 0.717) is 6.07 Å². The normalized spacial score (nSPS) is 11.0. The molecule has 178 valence electrons. The van der Waals surface area contributed by atoms with Crippen molar-refractivity contribution in [3.05, 3.63) is 81.4 Å². The third kappa shape index (κ3) is 6.07. The highest BCUT2D eigenvalue weighted by atomic mass is 35.5. The zero-order valence-corrected chi connectivity index (χ0v) is 18.1. The number of carbonyl (C=O) groups is 1. The Labute approximate surface area is 195 Å². The van der Waals surface area contributed by atoms with Crippen LogP contribution < -0.4 is 14.2 Å². The fraction of sp³-hybridized carbons (Fsp3) is 0.136. The fourth-order valence-electron chi connectivity index (χ4n) is 2.64. The molecular formula is C22H15ClF3NO7. The molecule has 0 amide bonds. The second-order valence-corrected chi connectivity index (χ2v) is 6.95. The van der Waals surface area contributed by atoms with E-state index in [4.69, 9.17) is 25.8 Å². The van der Waals surface area contributed by atoms with Crippen molar-refractivity contribution in [1.82, 2.24) is 0 Å². The molecule has 0 saturated carbocycles. The number of benzene rings is 3. The summed E-state index contributed by atoms with van der Waals surface area (Å²) in [5, 5.41) is 11.4. The molecule has 0 aliphatic carbocycles. The topological polar surface area (TPSA) is 97.1 Å². The summed E-state index contributed by atoms with van der Waals surface area (Å²) < 4.78 is 60.0. The van der Waals surface area contributed by atoms with E-state index in [1.807, 2.05) is 0 Å². The molecule has 12 heteroatoms. The Balaban J connectivity index is 1.93. The number of esters is 1. The second kappa shape index (κ2) is 10.3. The number of carbonyl (C=O) groups excluding carboxylic acids is 1. The van der Waals surface area contributed by atoms with Crippen LogP contribution in [-0.4, -0.2) is 24.6 Å². The smallest absolute Gasteiger partial charge is 0.416 e. The number of ether oxygens (including phenoxy) is 4. The lowest BCUT2D eigenvalue weighted by molar-refractivity contribution is -0.385. The minimum atomic E-state index is -4.62. The summed E-state index contributed by atoms with van der Waals surface area (Å²) in [4.78, 5) is 22.1. The van der Waals surface area contributed by atoms with Crippen LogP contribution in [0.15, 0.2) is 60.7 Å². The molecule has 3 rings (SSSR count). The molecule has 0 atom stereocenters. The van der Waals surface area contributed by atoms with Gasteiger partial charge in [-0.2, -0.15) is 13.2 Å². The quantitative estimate of drug-likeness (QED) is 0.202. The predicted octanol–water partition coefficient (Wildman–Crippen LogP) is 6.40. The van der Waals surface area contributed by atoms with E-state index in [0.717, 1.165) is 24.3 Å². The number of hydrogen-bond donors (Lipinski definition) is 0. The zero-order valence-electron chi connectivity index (χ0n) is 17.3. The number of nitrogens with zero attached hydrogens (tertiary/aromatic N) is 1. The Bertz CT molecular complexity index is 1220. The molecule has 0 fully saturated rings. The number of hydrogen-bond acceptors (Lipinski definition) is 7. The standard InChI is InChI=1S/C22H15ClF3NO7/c1-31-21(28)12-32-17-4-2-3-5-18(17)34-20-11-14(7-9-16(20)27(29)30)33-19-10-13(22(24,25)26)6-8-15(19)23/h2-11H,12H2,1H3. The number of nitro groups is 1. The fourth-order valence-corrected chi connectivity index (χ4v) is 2.80. The Kier molecular flexibility index (Phi) is 7.47. The lowest BCUT2D eigenvalue weighted by Crippen LogP contribution is -2.12. The SMILES string of the molecule is COC(=O)COc1ccccc1Oc1cc(Oc2cc(C(F)(F)F)ccc2Cl)ccc1[N+](=O)[O-]. The summed E-state index contributed by atoms with van der Waals surface area (Å²) in [7, 11) is 1.18. The Morgan fingerprint density at radius 3 is 2.32 bits per heavy atom. The predicted molar refractivity (Wildman–Crippen MR) is 114 cm³/mol. The molecular weight excluding hydrogens is 483 g/mol. The van der Waals surface area contributed by atoms with E-state index in [1.54, 1.807) is 12.1 Å². The third-order valence-electron chi connectivity index (χ3n) is 4.26. The van der Waals surface area contributed by atoms with Crippen molar-refractivity contribution in [3.63, 3.8) is 0 Å². The summed E-state index contributed by atoms with van der Waals surface area (Å²) in [5.41, 5.74) is -1.44. The highest BCUT2D eigenvalue weighted by Crippen LogP contribution is 2.41. The lowest BCUT2D eigenvalue weighted by Gasteiger charge is -2.14. The molecule has 0 N–H and O–H groups in total. The summed E-state index contributed by atoms with van der Waals surface area (Å²) in [6.45, 7) is -0.434. The van der Waals surface area contributed by atoms with E-state index in [-0.39, 0.29) is 33.8 Å². The van der Waals surface area contributed by atoms with Gasteiger partial charge in [0.05, 0.1) is 22.6 Å². The first-order valence-electron chi connectivity index (χ1n) is 9.38. The average molecular weight is 498 g/mol. The molecule has 0 aromatic heterocycles. The van der Waals surface area contributed by atoms with Crippen molar-refractivity contribution in [2.24, 2.45) is 0 Å². The van der Waals surface area contributed by atoms with Gasteiger partial charge in [-0.25, -0.2) is 4.79 Å². The van der Waals surface area contributed by atoms with Crippen molar-refractivity contribution in [2.75, 3.05) is 13.7 Å². The minimum absolute atomic E-state index is 0.0313. The lowest BCUT2D eigenvalue weighted by atomic mass is 10.2. The monoisotopic (exact) mass is 497 g/mol. The average Bonchev–Trinajstić information content (AvgIpc) is 2.79. The zero-order chi connectivity index (χ0) is 24.9. The molecule has 0 radical (unpaired) electrons. The van der Waals surface area contributed by atoms with Crippen molar-refractivity contribution >= 4 is 23.3 Å². The number of alkyl halides is 3. The molecule has 0 aliphatic rings. The van der Waals surface area contributed by atoms with Crippen molar-refractivity contribution < 1.29 is 41.8 Å². The number of nitro benzene ring substituents is 1. The molecule has 0 saturated heterocycles. The highest BCUT2D eigenvalue weighted by Gasteiger charge is 2.31. The van der Waals surface area contributed by atoms with Gasteiger partial charge in [-0.3, -0.25) is 10.1 Å². The number of rotatable bonds is 8. The maximum absolute atomic E-state index is 13.0. The van der Waals surface area contributed by atoms with Gasteiger partial charge in [0.15, 0.2) is 18.1 Å². The first-order valence-corrected chi connectivity index (χ1v) is 9.76. The molecule has 34 heavy (non-hydrogen) atoms. The van der Waals surface area contributed by atoms with Gasteiger partial charge >= 0.3 is 17.8 Å². The van der Waals surface area contributed by atoms with Crippen LogP contribution in [0.25, 0.3) is 0 Å². The van der Waals surface area contributed by atoms with Crippen molar-refractivity contribution in [2.45, 2.75) is 6.18 Å². The van der Waals surface area contributed by atoms with Crippen LogP contribution in [0.3, 0.4) is 0 Å². The van der Waals surface area contributed by atoms with Gasteiger partial charge in [0.1, 0.15) is 11.5 Å². The van der Waals surface area contributed by atoms with Gasteiger partial charge in [-0.1, -0.05) is 23.7 Å². The van der Waals surface area contributed by atoms with Crippen molar-refractivity contribution in [3.8, 4) is 28.7 Å². The van der Waals surface area contributed by atoms with E-state index in [1.165, 1.54) is 25.3 Å². The molecule has 0 bridgehead atoms. The van der Waals surface area contributed by atoms with Gasteiger partial charge in [-0.15, -0.1) is 0 Å². The summed E-state index contributed by atoms with van der Waals surface area (Å²) in [5.74, 6) is -1.21. The number of halogens is 4. The van der Waals surface area contributed by atoms with E-state index in [2.05, 4.69) is 4.74 Å². The molecule has 0 aliphatic heterocycles. The minimum Gasteiger partial charge on any atom is -0.478 e. The van der Waals surface area contributed by atoms with Crippen LogP contribution >= 0.6 is 11.6 Å². The molecule has 3 aromatic carbocycles. The number of para-hydroxylation sites is 2. The van der Waals surface area contributed by atoms with Gasteiger partial charge in [-0.05, 0) is 36.4 Å². The second-order valence-electron chi connectivity index (χ2n) is 6.55. The van der Waals surface area contributed by atoms with Crippen LogP contribution in [0, 0.1) is 10.1 Å². The van der Waals surface area contributed by atoms with Crippen LogP contribution in [0.5, 0.6) is 28.7 Å². The Morgan fingerprint density at radius 2 is 1.68 bits per heavy atom. The first-order chi connectivity index (χ1) is 16.1. The van der Waals surface area contributed by atoms with Crippen molar-refractivity contribution in [1.29, 1.82) is 0 Å². The van der Waals surface area contributed by atoms with Crippen LogP contribution in [0.4, 0.5) is 18.9 Å².